The Morgan fingerprint density at radius 2 is 1.48 bits per heavy atom. The number of unbranched alkanes of at least 4 members (excludes halogenated alkanes) is 3. The van der Waals surface area contributed by atoms with Crippen LogP contribution in [0.25, 0.3) is 0 Å². The van der Waals surface area contributed by atoms with E-state index in [1.54, 1.807) is 24.3 Å². The second kappa shape index (κ2) is 12.5. The smallest absolute Gasteiger partial charge is 0.271 e. The highest BCUT2D eigenvalue weighted by Crippen LogP contribution is 2.12. The van der Waals surface area contributed by atoms with E-state index in [4.69, 9.17) is 0 Å². The number of benzene rings is 2. The van der Waals surface area contributed by atoms with Crippen LogP contribution < -0.4 is 10.7 Å². The minimum atomic E-state index is -0.266. The highest BCUT2D eigenvalue weighted by Gasteiger charge is 2.08. The Labute approximate surface area is 173 Å². The van der Waals surface area contributed by atoms with Gasteiger partial charge in [-0.1, -0.05) is 63.4 Å². The van der Waals surface area contributed by atoms with E-state index in [1.165, 1.54) is 0 Å². The van der Waals surface area contributed by atoms with Crippen LogP contribution in [0, 0.1) is 0 Å². The van der Waals surface area contributed by atoms with Crippen molar-refractivity contribution in [1.29, 1.82) is 0 Å². The van der Waals surface area contributed by atoms with Gasteiger partial charge < -0.3 is 5.32 Å². The molecular formula is C24H31N3O2. The molecular weight excluding hydrogens is 362 g/mol. The highest BCUT2D eigenvalue weighted by atomic mass is 16.2. The molecule has 0 heterocycles. The van der Waals surface area contributed by atoms with Crippen LogP contribution in [0.4, 0.5) is 5.69 Å². The molecule has 0 aromatic heterocycles. The van der Waals surface area contributed by atoms with Crippen LogP contribution in [-0.4, -0.2) is 17.5 Å². The quantitative estimate of drug-likeness (QED) is 0.299. The van der Waals surface area contributed by atoms with Crippen molar-refractivity contribution in [2.24, 2.45) is 5.10 Å². The Morgan fingerprint density at radius 3 is 2.14 bits per heavy atom. The fourth-order valence-corrected chi connectivity index (χ4v) is 2.89. The number of hydrazone groups is 1. The second-order valence-electron chi connectivity index (χ2n) is 7.05. The van der Waals surface area contributed by atoms with Crippen molar-refractivity contribution in [2.45, 2.75) is 58.8 Å². The van der Waals surface area contributed by atoms with E-state index in [0.717, 1.165) is 49.8 Å². The zero-order chi connectivity index (χ0) is 20.9. The summed E-state index contributed by atoms with van der Waals surface area (Å²) < 4.78 is 0. The van der Waals surface area contributed by atoms with Gasteiger partial charge >= 0.3 is 0 Å². The summed E-state index contributed by atoms with van der Waals surface area (Å²) in [5.74, 6) is -0.272. The van der Waals surface area contributed by atoms with Crippen molar-refractivity contribution < 1.29 is 9.59 Å². The largest absolute Gasteiger partial charge is 0.326 e. The molecule has 5 nitrogen and oxygen atoms in total. The van der Waals surface area contributed by atoms with Crippen LogP contribution in [0.3, 0.4) is 0 Å². The molecule has 0 atom stereocenters. The van der Waals surface area contributed by atoms with Crippen molar-refractivity contribution in [1.82, 2.24) is 5.43 Å². The molecule has 5 heteroatoms. The fourth-order valence-electron chi connectivity index (χ4n) is 2.89. The third kappa shape index (κ3) is 7.90. The second-order valence-corrected chi connectivity index (χ2v) is 7.05. The summed E-state index contributed by atoms with van der Waals surface area (Å²) in [4.78, 5) is 24.3. The lowest BCUT2D eigenvalue weighted by atomic mass is 10.0. The molecule has 0 aliphatic rings. The van der Waals surface area contributed by atoms with Crippen LogP contribution in [0.1, 0.15) is 74.7 Å². The van der Waals surface area contributed by atoms with Gasteiger partial charge in [0.1, 0.15) is 0 Å². The van der Waals surface area contributed by atoms with Crippen LogP contribution >= 0.6 is 0 Å². The summed E-state index contributed by atoms with van der Waals surface area (Å²) in [5, 5.41) is 7.24. The number of carbonyl (C=O) groups excluding carboxylic acids is 2. The Balaban J connectivity index is 2.00. The molecule has 0 fully saturated rings. The molecule has 0 spiro atoms. The van der Waals surface area contributed by atoms with Gasteiger partial charge in [0, 0.05) is 17.7 Å². The van der Waals surface area contributed by atoms with Crippen molar-refractivity contribution in [3.05, 3.63) is 65.7 Å². The zero-order valence-electron chi connectivity index (χ0n) is 17.4. The van der Waals surface area contributed by atoms with Gasteiger partial charge in [0.25, 0.3) is 5.91 Å². The maximum atomic E-state index is 12.5. The van der Waals surface area contributed by atoms with Crippen LogP contribution in [-0.2, 0) is 4.79 Å². The maximum Gasteiger partial charge on any atom is 0.271 e. The molecule has 0 bridgehead atoms. The standard InChI is InChI=1S/C24H31N3O2/c1-3-5-8-13-22(19-11-9-7-10-12-19)26-27-24(29)20-15-17-21(18-16-20)25-23(28)14-6-4-2/h7,9-12,15-18H,3-6,8,13-14H2,1-2H3,(H,25,28)(H,27,29). The average molecular weight is 394 g/mol. The predicted octanol–water partition coefficient (Wildman–Crippen LogP) is 5.53. The molecule has 0 radical (unpaired) electrons. The lowest BCUT2D eigenvalue weighted by Gasteiger charge is -2.08. The Morgan fingerprint density at radius 1 is 0.793 bits per heavy atom. The Kier molecular flexibility index (Phi) is 9.63. The number of hydrogen-bond donors (Lipinski definition) is 2. The van der Waals surface area contributed by atoms with Gasteiger partial charge in [-0.3, -0.25) is 9.59 Å². The van der Waals surface area contributed by atoms with Gasteiger partial charge in [0.2, 0.25) is 5.91 Å². The first kappa shape index (κ1) is 22.3. The van der Waals surface area contributed by atoms with E-state index < -0.39 is 0 Å². The van der Waals surface area contributed by atoms with E-state index in [2.05, 4.69) is 29.7 Å². The van der Waals surface area contributed by atoms with E-state index in [9.17, 15) is 9.59 Å². The number of anilines is 1. The first-order valence-corrected chi connectivity index (χ1v) is 10.5. The monoisotopic (exact) mass is 393 g/mol. The normalized spacial score (nSPS) is 11.2. The third-order valence-electron chi connectivity index (χ3n) is 4.60. The fraction of sp³-hybridized carbons (Fsp3) is 0.375. The lowest BCUT2D eigenvalue weighted by molar-refractivity contribution is -0.116. The van der Waals surface area contributed by atoms with Gasteiger partial charge in [-0.25, -0.2) is 5.43 Å². The first-order valence-electron chi connectivity index (χ1n) is 10.5. The molecule has 2 rings (SSSR count). The summed E-state index contributed by atoms with van der Waals surface area (Å²) >= 11 is 0. The van der Waals surface area contributed by atoms with E-state index >= 15 is 0 Å². The van der Waals surface area contributed by atoms with Crippen molar-refractivity contribution in [3.8, 4) is 0 Å². The van der Waals surface area contributed by atoms with E-state index in [0.29, 0.717) is 17.7 Å². The van der Waals surface area contributed by atoms with Crippen molar-refractivity contribution >= 4 is 23.2 Å². The molecule has 2 aromatic rings. The minimum absolute atomic E-state index is 0.00627. The van der Waals surface area contributed by atoms with Gasteiger partial charge in [-0.2, -0.15) is 5.10 Å². The molecule has 0 aliphatic carbocycles. The summed E-state index contributed by atoms with van der Waals surface area (Å²) in [7, 11) is 0. The number of nitrogens with one attached hydrogen (secondary N) is 2. The zero-order valence-corrected chi connectivity index (χ0v) is 17.4. The molecule has 2 N–H and O–H groups in total. The van der Waals surface area contributed by atoms with Gasteiger partial charge in [0.05, 0.1) is 5.71 Å². The van der Waals surface area contributed by atoms with Crippen LogP contribution in [0.5, 0.6) is 0 Å². The Hall–Kier alpha value is -2.95. The molecule has 2 amide bonds. The van der Waals surface area contributed by atoms with E-state index in [1.807, 2.05) is 30.3 Å². The van der Waals surface area contributed by atoms with Crippen LogP contribution in [0.15, 0.2) is 59.7 Å². The molecule has 0 aliphatic heterocycles. The predicted molar refractivity (Wildman–Crippen MR) is 119 cm³/mol. The number of hydrogen-bond acceptors (Lipinski definition) is 3. The third-order valence-corrected chi connectivity index (χ3v) is 4.60. The highest BCUT2D eigenvalue weighted by molar-refractivity contribution is 6.02. The number of carbonyl (C=O) groups is 2. The molecule has 0 unspecified atom stereocenters. The van der Waals surface area contributed by atoms with Crippen molar-refractivity contribution in [2.75, 3.05) is 5.32 Å². The molecule has 2 aromatic carbocycles. The topological polar surface area (TPSA) is 70.6 Å². The average Bonchev–Trinajstić information content (AvgIpc) is 2.75. The maximum absolute atomic E-state index is 12.5. The first-order chi connectivity index (χ1) is 14.1. The number of amides is 2. The Bertz CT molecular complexity index is 799. The van der Waals surface area contributed by atoms with Gasteiger partial charge in [-0.05, 0) is 49.1 Å². The molecule has 29 heavy (non-hydrogen) atoms. The minimum Gasteiger partial charge on any atom is -0.326 e. The lowest BCUT2D eigenvalue weighted by Crippen LogP contribution is -2.20. The van der Waals surface area contributed by atoms with Gasteiger partial charge in [0.15, 0.2) is 0 Å². The summed E-state index contributed by atoms with van der Waals surface area (Å²) in [6.07, 6.45) is 6.48. The number of nitrogens with zero attached hydrogens (tertiary/aromatic N) is 1. The molecule has 0 saturated carbocycles. The molecule has 154 valence electrons. The van der Waals surface area contributed by atoms with E-state index in [-0.39, 0.29) is 11.8 Å². The molecule has 0 saturated heterocycles. The summed E-state index contributed by atoms with van der Waals surface area (Å²) in [6.45, 7) is 4.22. The SMILES string of the molecule is CCCCCC(=NNC(=O)c1ccc(NC(=O)CCCC)cc1)c1ccccc1. The summed E-state index contributed by atoms with van der Waals surface area (Å²) in [6, 6.07) is 16.8. The van der Waals surface area contributed by atoms with Crippen molar-refractivity contribution in [3.63, 3.8) is 0 Å². The van der Waals surface area contributed by atoms with Gasteiger partial charge in [-0.15, -0.1) is 0 Å². The van der Waals surface area contributed by atoms with Crippen LogP contribution in [0.2, 0.25) is 0 Å². The summed E-state index contributed by atoms with van der Waals surface area (Å²) in [5.41, 5.74) is 5.77. The number of rotatable bonds is 11.